The standard InChI is InChI=1S/C14H13ClN6S2/c1-9-11(7-16-21-13(22)17-18-14(21)23)12(15)20(19-9)8-10-5-3-2-4-6-10/h2-7H,8H2,1H3,(H,17,22)(H,18,23)/b16-7-. The molecule has 2 N–H and O–H groups in total. The summed E-state index contributed by atoms with van der Waals surface area (Å²) in [5.74, 6) is 0. The maximum absolute atomic E-state index is 6.43. The summed E-state index contributed by atoms with van der Waals surface area (Å²) in [6.45, 7) is 2.48. The molecule has 3 aromatic rings. The van der Waals surface area contributed by atoms with E-state index in [0.29, 0.717) is 21.2 Å². The summed E-state index contributed by atoms with van der Waals surface area (Å²) < 4.78 is 3.92. The average molecular weight is 365 g/mol. The van der Waals surface area contributed by atoms with E-state index in [1.165, 1.54) is 4.68 Å². The second kappa shape index (κ2) is 6.61. The highest BCUT2D eigenvalue weighted by Crippen LogP contribution is 2.19. The Balaban J connectivity index is 1.92. The van der Waals surface area contributed by atoms with Crippen LogP contribution >= 0.6 is 36.0 Å². The van der Waals surface area contributed by atoms with Crippen LogP contribution in [0.2, 0.25) is 5.15 Å². The second-order valence-electron chi connectivity index (χ2n) is 4.85. The molecule has 3 rings (SSSR count). The molecule has 23 heavy (non-hydrogen) atoms. The highest BCUT2D eigenvalue weighted by Gasteiger charge is 2.12. The Morgan fingerprint density at radius 1 is 1.22 bits per heavy atom. The van der Waals surface area contributed by atoms with Crippen molar-refractivity contribution < 1.29 is 0 Å². The molecule has 0 fully saturated rings. The zero-order valence-electron chi connectivity index (χ0n) is 12.2. The van der Waals surface area contributed by atoms with Gasteiger partial charge in [-0.2, -0.15) is 14.9 Å². The molecular weight excluding hydrogens is 352 g/mol. The highest BCUT2D eigenvalue weighted by atomic mass is 35.5. The Kier molecular flexibility index (Phi) is 4.56. The van der Waals surface area contributed by atoms with Gasteiger partial charge in [0.05, 0.1) is 24.0 Å². The molecule has 118 valence electrons. The molecule has 0 aliphatic rings. The predicted octanol–water partition coefficient (Wildman–Crippen LogP) is 3.69. The van der Waals surface area contributed by atoms with Crippen molar-refractivity contribution in [2.24, 2.45) is 5.10 Å². The molecular formula is C14H13ClN6S2. The van der Waals surface area contributed by atoms with Crippen LogP contribution in [0, 0.1) is 16.5 Å². The minimum Gasteiger partial charge on any atom is -0.273 e. The van der Waals surface area contributed by atoms with Crippen LogP contribution in [-0.2, 0) is 6.54 Å². The van der Waals surface area contributed by atoms with E-state index in [9.17, 15) is 0 Å². The lowest BCUT2D eigenvalue weighted by Gasteiger charge is -2.03. The lowest BCUT2D eigenvalue weighted by atomic mass is 10.2. The first-order chi connectivity index (χ1) is 11.1. The summed E-state index contributed by atoms with van der Waals surface area (Å²) in [6, 6.07) is 10.00. The molecule has 2 aromatic heterocycles. The Morgan fingerprint density at radius 3 is 2.52 bits per heavy atom. The normalized spacial score (nSPS) is 11.4. The van der Waals surface area contributed by atoms with Gasteiger partial charge < -0.3 is 0 Å². The molecule has 0 radical (unpaired) electrons. The fourth-order valence-electron chi connectivity index (χ4n) is 2.10. The van der Waals surface area contributed by atoms with Crippen LogP contribution in [0.15, 0.2) is 35.4 Å². The van der Waals surface area contributed by atoms with Gasteiger partial charge in [0, 0.05) is 0 Å². The quantitative estimate of drug-likeness (QED) is 0.548. The van der Waals surface area contributed by atoms with Crippen LogP contribution in [0.1, 0.15) is 16.8 Å². The van der Waals surface area contributed by atoms with E-state index in [4.69, 9.17) is 36.0 Å². The van der Waals surface area contributed by atoms with Gasteiger partial charge in [-0.1, -0.05) is 41.9 Å². The summed E-state index contributed by atoms with van der Waals surface area (Å²) in [4.78, 5) is 0. The van der Waals surface area contributed by atoms with Gasteiger partial charge in [-0.3, -0.25) is 10.2 Å². The smallest absolute Gasteiger partial charge is 0.215 e. The number of aromatic nitrogens is 5. The number of benzene rings is 1. The molecule has 0 aliphatic heterocycles. The summed E-state index contributed by atoms with van der Waals surface area (Å²) in [5.41, 5.74) is 2.64. The number of nitrogens with zero attached hydrogens (tertiary/aromatic N) is 4. The van der Waals surface area contributed by atoms with Gasteiger partial charge in [0.2, 0.25) is 9.54 Å². The molecule has 9 heteroatoms. The third-order valence-corrected chi connectivity index (χ3v) is 4.20. The molecule has 0 spiro atoms. The first kappa shape index (κ1) is 15.9. The molecule has 2 heterocycles. The minimum absolute atomic E-state index is 0.386. The van der Waals surface area contributed by atoms with Crippen molar-refractivity contribution >= 4 is 42.3 Å². The third-order valence-electron chi connectivity index (χ3n) is 3.25. The molecule has 0 atom stereocenters. The van der Waals surface area contributed by atoms with Crippen LogP contribution in [-0.4, -0.2) is 30.9 Å². The largest absolute Gasteiger partial charge is 0.273 e. The number of aryl methyl sites for hydroxylation is 1. The highest BCUT2D eigenvalue weighted by molar-refractivity contribution is 7.72. The van der Waals surface area contributed by atoms with Gasteiger partial charge in [0.1, 0.15) is 5.15 Å². The lowest BCUT2D eigenvalue weighted by molar-refractivity contribution is 0.680. The number of H-pyrrole nitrogens is 2. The molecule has 0 aliphatic carbocycles. The number of nitrogens with one attached hydrogen (secondary N) is 2. The zero-order chi connectivity index (χ0) is 16.4. The van der Waals surface area contributed by atoms with Gasteiger partial charge in [-0.05, 0) is 36.9 Å². The van der Waals surface area contributed by atoms with Crippen molar-refractivity contribution in [3.63, 3.8) is 0 Å². The number of halogens is 1. The predicted molar refractivity (Wildman–Crippen MR) is 95.3 cm³/mol. The summed E-state index contributed by atoms with van der Waals surface area (Å²) in [7, 11) is 0. The Bertz CT molecular complexity index is 936. The molecule has 0 amide bonds. The van der Waals surface area contributed by atoms with Gasteiger partial charge >= 0.3 is 0 Å². The summed E-state index contributed by atoms with van der Waals surface area (Å²) >= 11 is 16.6. The van der Waals surface area contributed by atoms with E-state index in [1.807, 2.05) is 37.3 Å². The molecule has 0 saturated heterocycles. The van der Waals surface area contributed by atoms with Crippen molar-refractivity contribution in [3.8, 4) is 0 Å². The van der Waals surface area contributed by atoms with Crippen LogP contribution in [0.3, 0.4) is 0 Å². The van der Waals surface area contributed by atoms with Crippen molar-refractivity contribution in [2.75, 3.05) is 0 Å². The van der Waals surface area contributed by atoms with Gasteiger partial charge in [-0.15, -0.1) is 0 Å². The summed E-state index contributed by atoms with van der Waals surface area (Å²) in [5, 5.41) is 14.7. The number of rotatable bonds is 4. The van der Waals surface area contributed by atoms with Gasteiger partial charge in [0.15, 0.2) is 0 Å². The molecule has 0 unspecified atom stereocenters. The maximum Gasteiger partial charge on any atom is 0.215 e. The first-order valence-corrected chi connectivity index (χ1v) is 7.96. The second-order valence-corrected chi connectivity index (χ2v) is 5.98. The van der Waals surface area contributed by atoms with Crippen molar-refractivity contribution in [2.45, 2.75) is 13.5 Å². The van der Waals surface area contributed by atoms with E-state index in [-0.39, 0.29) is 0 Å². The maximum atomic E-state index is 6.43. The Labute approximate surface area is 147 Å². The van der Waals surface area contributed by atoms with Gasteiger partial charge in [0.25, 0.3) is 0 Å². The Hall–Kier alpha value is -2.03. The Morgan fingerprint density at radius 2 is 1.87 bits per heavy atom. The number of hydrogen-bond acceptors (Lipinski definition) is 4. The fraction of sp³-hybridized carbons (Fsp3) is 0.143. The molecule has 1 aromatic carbocycles. The van der Waals surface area contributed by atoms with E-state index in [1.54, 1.807) is 10.9 Å². The SMILES string of the molecule is Cc1nn(Cc2ccccc2)c(Cl)c1/C=N\n1c(=S)[nH][nH]c1=S. The van der Waals surface area contributed by atoms with Crippen LogP contribution in [0.25, 0.3) is 0 Å². The van der Waals surface area contributed by atoms with Crippen molar-refractivity contribution in [1.29, 1.82) is 0 Å². The lowest BCUT2D eigenvalue weighted by Crippen LogP contribution is -2.01. The van der Waals surface area contributed by atoms with Crippen LogP contribution in [0.5, 0.6) is 0 Å². The molecule has 0 saturated carbocycles. The van der Waals surface area contributed by atoms with Crippen molar-refractivity contribution in [3.05, 3.63) is 61.8 Å². The first-order valence-electron chi connectivity index (χ1n) is 6.77. The van der Waals surface area contributed by atoms with E-state index >= 15 is 0 Å². The van der Waals surface area contributed by atoms with E-state index in [2.05, 4.69) is 20.4 Å². The van der Waals surface area contributed by atoms with Gasteiger partial charge in [-0.25, -0.2) is 4.68 Å². The van der Waals surface area contributed by atoms with Crippen molar-refractivity contribution in [1.82, 2.24) is 24.7 Å². The molecule has 6 nitrogen and oxygen atoms in total. The van der Waals surface area contributed by atoms with E-state index < -0.39 is 0 Å². The average Bonchev–Trinajstić information content (AvgIpc) is 2.99. The minimum atomic E-state index is 0.386. The third kappa shape index (κ3) is 3.34. The molecule has 0 bridgehead atoms. The number of hydrogen-bond donors (Lipinski definition) is 2. The number of aromatic amines is 2. The fourth-order valence-corrected chi connectivity index (χ4v) is 2.82. The van der Waals surface area contributed by atoms with Crippen LogP contribution < -0.4 is 0 Å². The monoisotopic (exact) mass is 364 g/mol. The zero-order valence-corrected chi connectivity index (χ0v) is 14.5. The topological polar surface area (TPSA) is 66.7 Å². The summed E-state index contributed by atoms with van der Waals surface area (Å²) in [6.07, 6.45) is 1.61. The van der Waals surface area contributed by atoms with E-state index in [0.717, 1.165) is 16.8 Å². The van der Waals surface area contributed by atoms with Crippen LogP contribution in [0.4, 0.5) is 0 Å².